The molecule has 0 bridgehead atoms. The minimum Gasteiger partial charge on any atom is -0.464 e. The summed E-state index contributed by atoms with van der Waals surface area (Å²) in [5.74, 6) is 0.549. The molecule has 2 aromatic heterocycles. The largest absolute Gasteiger partial charge is 0.464 e. The number of rotatable bonds is 4. The number of pyridine rings is 1. The second kappa shape index (κ2) is 7.31. The topological polar surface area (TPSA) is 63.5 Å². The lowest BCUT2D eigenvalue weighted by atomic mass is 10.2. The summed E-state index contributed by atoms with van der Waals surface area (Å²) in [7, 11) is 3.48. The molecule has 0 atom stereocenters. The zero-order chi connectivity index (χ0) is 17.1. The summed E-state index contributed by atoms with van der Waals surface area (Å²) in [6, 6.07) is 4.09. The Kier molecular flexibility index (Phi) is 5.15. The number of carbonyl (C=O) groups excluding carboxylic acids is 1. The van der Waals surface area contributed by atoms with E-state index in [1.165, 1.54) is 7.11 Å². The van der Waals surface area contributed by atoms with E-state index in [4.69, 9.17) is 4.74 Å². The molecule has 1 fully saturated rings. The number of carbonyl (C=O) groups is 1. The first kappa shape index (κ1) is 16.9. The van der Waals surface area contributed by atoms with E-state index in [0.717, 1.165) is 37.6 Å². The average molecular weight is 394 g/mol. The quantitative estimate of drug-likeness (QED) is 0.735. The number of aromatic nitrogens is 3. The molecule has 0 spiro atoms. The molecule has 0 aliphatic carbocycles. The second-order valence-electron chi connectivity index (χ2n) is 5.83. The fraction of sp³-hybridized carbons (Fsp3) is 0.438. The van der Waals surface area contributed by atoms with Crippen molar-refractivity contribution in [3.05, 3.63) is 40.3 Å². The van der Waals surface area contributed by atoms with Crippen molar-refractivity contribution >= 4 is 27.7 Å². The predicted octanol–water partition coefficient (Wildman–Crippen LogP) is 1.63. The summed E-state index contributed by atoms with van der Waals surface area (Å²) >= 11 is 3.33. The molecular weight excluding hydrogens is 374 g/mol. The number of piperazine rings is 1. The molecule has 1 aliphatic rings. The van der Waals surface area contributed by atoms with Gasteiger partial charge in [-0.1, -0.05) is 6.07 Å². The van der Waals surface area contributed by atoms with Gasteiger partial charge < -0.3 is 14.5 Å². The Balaban J connectivity index is 1.67. The van der Waals surface area contributed by atoms with Gasteiger partial charge in [0.05, 0.1) is 18.1 Å². The number of esters is 1. The van der Waals surface area contributed by atoms with Crippen molar-refractivity contribution in [2.75, 3.05) is 45.2 Å². The SMILES string of the molecule is COC(=O)c1nn(Cc2ccc(N3CCN(C)CC3)nc2)cc1Br. The zero-order valence-corrected chi connectivity index (χ0v) is 15.4. The predicted molar refractivity (Wildman–Crippen MR) is 94.3 cm³/mol. The van der Waals surface area contributed by atoms with E-state index in [9.17, 15) is 4.79 Å². The van der Waals surface area contributed by atoms with Gasteiger partial charge in [-0.25, -0.2) is 9.78 Å². The van der Waals surface area contributed by atoms with Crippen LogP contribution in [0.25, 0.3) is 0 Å². The third-order valence-electron chi connectivity index (χ3n) is 4.08. The van der Waals surface area contributed by atoms with Crippen LogP contribution < -0.4 is 4.90 Å². The summed E-state index contributed by atoms with van der Waals surface area (Å²) in [6.45, 7) is 4.66. The number of hydrogen-bond donors (Lipinski definition) is 0. The molecule has 3 heterocycles. The fourth-order valence-corrected chi connectivity index (χ4v) is 3.11. The van der Waals surface area contributed by atoms with Crippen molar-refractivity contribution in [1.82, 2.24) is 19.7 Å². The van der Waals surface area contributed by atoms with Crippen molar-refractivity contribution in [2.24, 2.45) is 0 Å². The summed E-state index contributed by atoms with van der Waals surface area (Å²) in [5.41, 5.74) is 1.30. The molecule has 2 aromatic rings. The Hall–Kier alpha value is -1.93. The molecule has 128 valence electrons. The summed E-state index contributed by atoms with van der Waals surface area (Å²) in [5, 5.41) is 4.25. The molecule has 3 rings (SSSR count). The van der Waals surface area contributed by atoms with Gasteiger partial charge in [0.1, 0.15) is 5.82 Å². The molecule has 0 radical (unpaired) electrons. The van der Waals surface area contributed by atoms with Crippen LogP contribution >= 0.6 is 15.9 Å². The second-order valence-corrected chi connectivity index (χ2v) is 6.68. The Morgan fingerprint density at radius 2 is 2.04 bits per heavy atom. The van der Waals surface area contributed by atoms with Gasteiger partial charge in [0.25, 0.3) is 0 Å². The molecule has 24 heavy (non-hydrogen) atoms. The fourth-order valence-electron chi connectivity index (χ4n) is 2.63. The Labute approximate surface area is 149 Å². The smallest absolute Gasteiger partial charge is 0.359 e. The molecule has 7 nitrogen and oxygen atoms in total. The molecule has 1 aliphatic heterocycles. The van der Waals surface area contributed by atoms with Gasteiger partial charge in [0.15, 0.2) is 5.69 Å². The number of ether oxygens (including phenoxy) is 1. The lowest BCUT2D eigenvalue weighted by Crippen LogP contribution is -2.44. The van der Waals surface area contributed by atoms with Crippen LogP contribution in [0, 0.1) is 0 Å². The van der Waals surface area contributed by atoms with Crippen LogP contribution in [0.15, 0.2) is 29.0 Å². The normalized spacial score (nSPS) is 15.5. The van der Waals surface area contributed by atoms with Gasteiger partial charge in [-0.2, -0.15) is 5.10 Å². The maximum atomic E-state index is 11.6. The van der Waals surface area contributed by atoms with Crippen LogP contribution in [-0.2, 0) is 11.3 Å². The van der Waals surface area contributed by atoms with Crippen molar-refractivity contribution < 1.29 is 9.53 Å². The number of anilines is 1. The number of methoxy groups -OCH3 is 1. The first-order valence-corrected chi connectivity index (χ1v) is 8.56. The van der Waals surface area contributed by atoms with E-state index in [1.54, 1.807) is 10.9 Å². The summed E-state index contributed by atoms with van der Waals surface area (Å²) < 4.78 is 7.02. The molecule has 8 heteroatoms. The molecule has 0 aromatic carbocycles. The van der Waals surface area contributed by atoms with Gasteiger partial charge in [0.2, 0.25) is 0 Å². The van der Waals surface area contributed by atoms with Crippen LogP contribution in [0.4, 0.5) is 5.82 Å². The number of likely N-dealkylation sites (N-methyl/N-ethyl adjacent to an activating group) is 1. The number of halogens is 1. The molecule has 0 saturated carbocycles. The van der Waals surface area contributed by atoms with E-state index in [2.05, 4.69) is 42.9 Å². The van der Waals surface area contributed by atoms with Crippen molar-refractivity contribution in [3.8, 4) is 0 Å². The maximum Gasteiger partial charge on any atom is 0.359 e. The maximum absolute atomic E-state index is 11.6. The zero-order valence-electron chi connectivity index (χ0n) is 13.8. The highest BCUT2D eigenvalue weighted by atomic mass is 79.9. The Morgan fingerprint density at radius 3 is 2.67 bits per heavy atom. The number of hydrogen-bond acceptors (Lipinski definition) is 6. The van der Waals surface area contributed by atoms with Gasteiger partial charge >= 0.3 is 5.97 Å². The van der Waals surface area contributed by atoms with Crippen molar-refractivity contribution in [2.45, 2.75) is 6.54 Å². The Morgan fingerprint density at radius 1 is 1.29 bits per heavy atom. The molecule has 0 unspecified atom stereocenters. The van der Waals surface area contributed by atoms with Gasteiger partial charge in [-0.3, -0.25) is 4.68 Å². The van der Waals surface area contributed by atoms with Gasteiger partial charge in [0, 0.05) is 38.6 Å². The van der Waals surface area contributed by atoms with Crippen LogP contribution in [-0.4, -0.2) is 66.0 Å². The molecule has 1 saturated heterocycles. The minimum atomic E-state index is -0.454. The summed E-state index contributed by atoms with van der Waals surface area (Å²) in [4.78, 5) is 20.8. The van der Waals surface area contributed by atoms with Crippen LogP contribution in [0.3, 0.4) is 0 Å². The van der Waals surface area contributed by atoms with E-state index in [-0.39, 0.29) is 5.69 Å². The average Bonchev–Trinajstić information content (AvgIpc) is 2.96. The minimum absolute atomic E-state index is 0.277. The van der Waals surface area contributed by atoms with E-state index in [0.29, 0.717) is 11.0 Å². The van der Waals surface area contributed by atoms with Gasteiger partial charge in [-0.15, -0.1) is 0 Å². The van der Waals surface area contributed by atoms with Crippen molar-refractivity contribution in [3.63, 3.8) is 0 Å². The monoisotopic (exact) mass is 393 g/mol. The highest BCUT2D eigenvalue weighted by Gasteiger charge is 2.17. The van der Waals surface area contributed by atoms with E-state index >= 15 is 0 Å². The standard InChI is InChI=1S/C16H20BrN5O2/c1-20-5-7-21(8-6-20)14-4-3-12(9-18-14)10-22-11-13(17)15(19-22)16(23)24-2/h3-4,9,11H,5-8,10H2,1-2H3. The van der Waals surface area contributed by atoms with Crippen LogP contribution in [0.1, 0.15) is 16.1 Å². The lowest BCUT2D eigenvalue weighted by molar-refractivity contribution is 0.0592. The van der Waals surface area contributed by atoms with Crippen molar-refractivity contribution in [1.29, 1.82) is 0 Å². The lowest BCUT2D eigenvalue weighted by Gasteiger charge is -2.33. The first-order chi connectivity index (χ1) is 11.6. The highest BCUT2D eigenvalue weighted by Crippen LogP contribution is 2.18. The van der Waals surface area contributed by atoms with Crippen LogP contribution in [0.2, 0.25) is 0 Å². The van der Waals surface area contributed by atoms with Crippen LogP contribution in [0.5, 0.6) is 0 Å². The van der Waals surface area contributed by atoms with E-state index in [1.807, 2.05) is 18.3 Å². The van der Waals surface area contributed by atoms with Gasteiger partial charge in [-0.05, 0) is 34.6 Å². The summed E-state index contributed by atoms with van der Waals surface area (Å²) in [6.07, 6.45) is 3.63. The first-order valence-electron chi connectivity index (χ1n) is 7.76. The molecule has 0 N–H and O–H groups in total. The number of nitrogens with zero attached hydrogens (tertiary/aromatic N) is 5. The van der Waals surface area contributed by atoms with E-state index < -0.39 is 5.97 Å². The molecule has 0 amide bonds. The molecular formula is C16H20BrN5O2. The third-order valence-corrected chi connectivity index (χ3v) is 4.66. The third kappa shape index (κ3) is 3.76. The highest BCUT2D eigenvalue weighted by molar-refractivity contribution is 9.10. The Bertz CT molecular complexity index is 708.